The highest BCUT2D eigenvalue weighted by atomic mass is 16.8. The third-order valence-electron chi connectivity index (χ3n) is 4.80. The lowest BCUT2D eigenvalue weighted by Gasteiger charge is -2.22. The molecule has 1 amide bonds. The number of aromatic nitrogens is 2. The molecule has 0 aliphatic carbocycles. The van der Waals surface area contributed by atoms with Crippen molar-refractivity contribution in [3.05, 3.63) is 71.9 Å². The Hall–Kier alpha value is -2.96. The van der Waals surface area contributed by atoms with Crippen molar-refractivity contribution in [3.63, 3.8) is 0 Å². The first-order chi connectivity index (χ1) is 13.7. The number of rotatable bonds is 5. The van der Waals surface area contributed by atoms with E-state index in [-0.39, 0.29) is 5.91 Å². The number of para-hydroxylation sites is 1. The molecular formula is C22H23N3O3. The monoisotopic (exact) mass is 377 g/mol. The second kappa shape index (κ2) is 8.37. The Morgan fingerprint density at radius 3 is 2.68 bits per heavy atom. The molecule has 1 saturated heterocycles. The van der Waals surface area contributed by atoms with Crippen LogP contribution in [0.15, 0.2) is 60.8 Å². The zero-order valence-electron chi connectivity index (χ0n) is 15.8. The number of hydrogen-bond donors (Lipinski definition) is 1. The van der Waals surface area contributed by atoms with Crippen LogP contribution in [0.25, 0.3) is 16.9 Å². The van der Waals surface area contributed by atoms with E-state index in [1.807, 2.05) is 61.5 Å². The topological polar surface area (TPSA) is 65.4 Å². The van der Waals surface area contributed by atoms with Gasteiger partial charge in [-0.05, 0) is 37.5 Å². The Bertz CT molecular complexity index is 947. The van der Waals surface area contributed by atoms with Crippen molar-refractivity contribution in [3.8, 4) is 16.9 Å². The molecule has 0 radical (unpaired) electrons. The van der Waals surface area contributed by atoms with Gasteiger partial charge < -0.3 is 4.74 Å². The number of amides is 1. The first kappa shape index (κ1) is 18.4. The summed E-state index contributed by atoms with van der Waals surface area (Å²) in [5.74, 6) is -0.338. The Labute approximate surface area is 164 Å². The fourth-order valence-corrected chi connectivity index (χ4v) is 3.27. The van der Waals surface area contributed by atoms with Crippen LogP contribution in [0.1, 0.15) is 35.2 Å². The molecule has 0 unspecified atom stereocenters. The maximum Gasteiger partial charge on any atom is 0.278 e. The first-order valence-electron chi connectivity index (χ1n) is 9.51. The van der Waals surface area contributed by atoms with E-state index < -0.39 is 6.29 Å². The minimum atomic E-state index is -0.399. The van der Waals surface area contributed by atoms with Gasteiger partial charge in [0.2, 0.25) is 0 Å². The maximum absolute atomic E-state index is 12.9. The van der Waals surface area contributed by atoms with Crippen LogP contribution in [-0.2, 0) is 9.57 Å². The van der Waals surface area contributed by atoms with E-state index in [0.29, 0.717) is 17.9 Å². The van der Waals surface area contributed by atoms with E-state index in [4.69, 9.17) is 14.7 Å². The zero-order valence-corrected chi connectivity index (χ0v) is 15.8. The second-order valence-electron chi connectivity index (χ2n) is 6.83. The Morgan fingerprint density at radius 1 is 1.14 bits per heavy atom. The molecule has 1 aromatic heterocycles. The Balaban J connectivity index is 1.65. The quantitative estimate of drug-likeness (QED) is 0.682. The van der Waals surface area contributed by atoms with E-state index in [1.54, 1.807) is 10.9 Å². The van der Waals surface area contributed by atoms with Gasteiger partial charge in [-0.1, -0.05) is 42.5 Å². The molecule has 144 valence electrons. The standard InChI is InChI=1S/C22H23N3O3/c1-16-9-5-6-12-18(16)21-19(15-25(23-21)17-10-3-2-4-11-17)22(26)24-28-20-13-7-8-14-27-20/h2-6,9-12,15,20H,7-8,13-14H2,1H3,(H,24,26)/t20-/m1/s1. The minimum Gasteiger partial charge on any atom is -0.350 e. The summed E-state index contributed by atoms with van der Waals surface area (Å²) < 4.78 is 7.23. The summed E-state index contributed by atoms with van der Waals surface area (Å²) in [6.45, 7) is 2.66. The van der Waals surface area contributed by atoms with Gasteiger partial charge in [-0.25, -0.2) is 15.0 Å². The minimum absolute atomic E-state index is 0.338. The van der Waals surface area contributed by atoms with Gasteiger partial charge >= 0.3 is 0 Å². The molecule has 2 aromatic carbocycles. The summed E-state index contributed by atoms with van der Waals surface area (Å²) in [4.78, 5) is 18.4. The Morgan fingerprint density at radius 2 is 1.93 bits per heavy atom. The summed E-state index contributed by atoms with van der Waals surface area (Å²) in [5, 5.41) is 4.70. The molecule has 0 bridgehead atoms. The first-order valence-corrected chi connectivity index (χ1v) is 9.51. The predicted octanol–water partition coefficient (Wildman–Crippen LogP) is 4.04. The van der Waals surface area contributed by atoms with Crippen LogP contribution in [0.2, 0.25) is 0 Å². The van der Waals surface area contributed by atoms with Gasteiger partial charge in [0, 0.05) is 24.8 Å². The number of carbonyl (C=O) groups excluding carboxylic acids is 1. The normalized spacial score (nSPS) is 16.7. The molecule has 1 aliphatic heterocycles. The predicted molar refractivity (Wildman–Crippen MR) is 106 cm³/mol. The van der Waals surface area contributed by atoms with Crippen LogP contribution in [0, 0.1) is 6.92 Å². The highest BCUT2D eigenvalue weighted by Gasteiger charge is 2.22. The lowest BCUT2D eigenvalue weighted by molar-refractivity contribution is -0.186. The molecule has 0 spiro atoms. The average Bonchev–Trinajstić information content (AvgIpc) is 3.19. The van der Waals surface area contributed by atoms with Crippen molar-refractivity contribution in [1.29, 1.82) is 0 Å². The number of hydrogen-bond acceptors (Lipinski definition) is 4. The summed E-state index contributed by atoms with van der Waals surface area (Å²) in [6, 6.07) is 17.6. The van der Waals surface area contributed by atoms with Gasteiger partial charge in [0.05, 0.1) is 11.3 Å². The number of hydroxylamine groups is 1. The van der Waals surface area contributed by atoms with E-state index >= 15 is 0 Å². The van der Waals surface area contributed by atoms with Crippen molar-refractivity contribution in [2.45, 2.75) is 32.5 Å². The van der Waals surface area contributed by atoms with Gasteiger partial charge in [-0.15, -0.1) is 0 Å². The van der Waals surface area contributed by atoms with Crippen LogP contribution in [0.3, 0.4) is 0 Å². The molecule has 2 heterocycles. The molecule has 4 rings (SSSR count). The van der Waals surface area contributed by atoms with Crippen molar-refractivity contribution in [2.24, 2.45) is 0 Å². The van der Waals surface area contributed by atoms with Crippen LogP contribution >= 0.6 is 0 Å². The van der Waals surface area contributed by atoms with Crippen LogP contribution in [0.4, 0.5) is 0 Å². The number of ether oxygens (including phenoxy) is 1. The molecule has 6 heteroatoms. The van der Waals surface area contributed by atoms with E-state index in [2.05, 4.69) is 5.48 Å². The number of nitrogens with zero attached hydrogens (tertiary/aromatic N) is 2. The lowest BCUT2D eigenvalue weighted by Crippen LogP contribution is -2.33. The van der Waals surface area contributed by atoms with Crippen LogP contribution < -0.4 is 5.48 Å². The summed E-state index contributed by atoms with van der Waals surface area (Å²) >= 11 is 0. The lowest BCUT2D eigenvalue weighted by atomic mass is 10.0. The SMILES string of the molecule is Cc1ccccc1-c1nn(-c2ccccc2)cc1C(=O)NO[C@@H]1CCCCO1. The molecule has 1 atom stereocenters. The number of nitrogens with one attached hydrogen (secondary N) is 1. The van der Waals surface area contributed by atoms with Gasteiger partial charge in [-0.3, -0.25) is 4.79 Å². The van der Waals surface area contributed by atoms with Crippen molar-refractivity contribution >= 4 is 5.91 Å². The van der Waals surface area contributed by atoms with Crippen molar-refractivity contribution in [2.75, 3.05) is 6.61 Å². The number of benzene rings is 2. The summed E-state index contributed by atoms with van der Waals surface area (Å²) in [6.07, 6.45) is 4.16. The fraction of sp³-hybridized carbons (Fsp3) is 0.273. The molecule has 28 heavy (non-hydrogen) atoms. The smallest absolute Gasteiger partial charge is 0.278 e. The third-order valence-corrected chi connectivity index (χ3v) is 4.80. The highest BCUT2D eigenvalue weighted by Crippen LogP contribution is 2.26. The molecule has 1 fully saturated rings. The van der Waals surface area contributed by atoms with Crippen molar-refractivity contribution < 1.29 is 14.4 Å². The zero-order chi connectivity index (χ0) is 19.3. The van der Waals surface area contributed by atoms with E-state index in [1.165, 1.54) is 0 Å². The van der Waals surface area contributed by atoms with Gasteiger partial charge in [-0.2, -0.15) is 5.10 Å². The Kier molecular flexibility index (Phi) is 5.50. The highest BCUT2D eigenvalue weighted by molar-refractivity contribution is 5.99. The molecule has 1 N–H and O–H groups in total. The van der Waals surface area contributed by atoms with Gasteiger partial charge in [0.15, 0.2) is 6.29 Å². The molecule has 0 saturated carbocycles. The van der Waals surface area contributed by atoms with Gasteiger partial charge in [0.25, 0.3) is 5.91 Å². The maximum atomic E-state index is 12.9. The second-order valence-corrected chi connectivity index (χ2v) is 6.83. The van der Waals surface area contributed by atoms with E-state index in [9.17, 15) is 4.79 Å². The third kappa shape index (κ3) is 3.98. The van der Waals surface area contributed by atoms with E-state index in [0.717, 1.165) is 36.1 Å². The summed E-state index contributed by atoms with van der Waals surface area (Å²) in [5.41, 5.74) is 6.46. The molecule has 3 aromatic rings. The summed E-state index contributed by atoms with van der Waals surface area (Å²) in [7, 11) is 0. The molecule has 1 aliphatic rings. The van der Waals surface area contributed by atoms with Gasteiger partial charge in [0.1, 0.15) is 5.69 Å². The molecule has 6 nitrogen and oxygen atoms in total. The van der Waals surface area contributed by atoms with Crippen molar-refractivity contribution in [1.82, 2.24) is 15.3 Å². The van der Waals surface area contributed by atoms with Crippen LogP contribution in [0.5, 0.6) is 0 Å². The average molecular weight is 377 g/mol. The largest absolute Gasteiger partial charge is 0.350 e. The fourth-order valence-electron chi connectivity index (χ4n) is 3.27. The number of carbonyl (C=O) groups is 1. The van der Waals surface area contributed by atoms with Crippen LogP contribution in [-0.4, -0.2) is 28.6 Å². The molecular weight excluding hydrogens is 354 g/mol. The number of aryl methyl sites for hydroxylation is 1.